The zero-order valence-electron chi connectivity index (χ0n) is 15.4. The van der Waals surface area contributed by atoms with Crippen molar-refractivity contribution in [3.8, 4) is 5.75 Å². The predicted octanol–water partition coefficient (Wildman–Crippen LogP) is 4.11. The lowest BCUT2D eigenvalue weighted by molar-refractivity contribution is -0.141. The molecule has 5 nitrogen and oxygen atoms in total. The molecule has 6 heteroatoms. The molecular formula is C21H22BrNO4. The molecule has 0 aliphatic rings. The van der Waals surface area contributed by atoms with Gasteiger partial charge in [0.25, 0.3) is 0 Å². The molecule has 0 unspecified atom stereocenters. The molecule has 0 aromatic heterocycles. The third-order valence-electron chi connectivity index (χ3n) is 4.01. The Bertz CT molecular complexity index is 820. The van der Waals surface area contributed by atoms with Gasteiger partial charge >= 0.3 is 5.97 Å². The fraction of sp³-hybridized carbons (Fsp3) is 0.238. The first-order valence-corrected chi connectivity index (χ1v) is 9.14. The normalized spacial score (nSPS) is 10.2. The van der Waals surface area contributed by atoms with Gasteiger partial charge in [-0.05, 0) is 29.3 Å². The highest BCUT2D eigenvalue weighted by Gasteiger charge is 2.21. The number of hydrogen-bond acceptors (Lipinski definition) is 4. The maximum Gasteiger partial charge on any atom is 0.310 e. The van der Waals surface area contributed by atoms with E-state index in [-0.39, 0.29) is 17.9 Å². The Labute approximate surface area is 167 Å². The van der Waals surface area contributed by atoms with Crippen molar-refractivity contribution in [3.63, 3.8) is 0 Å². The van der Waals surface area contributed by atoms with E-state index in [0.29, 0.717) is 18.8 Å². The minimum absolute atomic E-state index is 0.139. The molecule has 0 atom stereocenters. The summed E-state index contributed by atoms with van der Waals surface area (Å²) in [5, 5.41) is 0. The van der Waals surface area contributed by atoms with Gasteiger partial charge in [-0.2, -0.15) is 0 Å². The van der Waals surface area contributed by atoms with E-state index in [4.69, 9.17) is 4.74 Å². The van der Waals surface area contributed by atoms with Crippen molar-refractivity contribution in [2.45, 2.75) is 19.5 Å². The van der Waals surface area contributed by atoms with Crippen LogP contribution in [0.15, 0.2) is 65.2 Å². The van der Waals surface area contributed by atoms with E-state index >= 15 is 0 Å². The van der Waals surface area contributed by atoms with Gasteiger partial charge in [0.1, 0.15) is 5.75 Å². The number of benzene rings is 2. The molecule has 0 heterocycles. The Balaban J connectivity index is 2.28. The van der Waals surface area contributed by atoms with Gasteiger partial charge in [-0.25, -0.2) is 0 Å². The van der Waals surface area contributed by atoms with Gasteiger partial charge in [-0.15, -0.1) is 0 Å². The van der Waals surface area contributed by atoms with Crippen LogP contribution in [0.4, 0.5) is 0 Å². The van der Waals surface area contributed by atoms with Crippen LogP contribution in [0, 0.1) is 0 Å². The lowest BCUT2D eigenvalue weighted by atomic mass is 10.1. The van der Waals surface area contributed by atoms with E-state index in [1.807, 2.05) is 48.5 Å². The summed E-state index contributed by atoms with van der Waals surface area (Å²) in [5.74, 6) is -0.0803. The first-order valence-electron chi connectivity index (χ1n) is 8.34. The standard InChI is InChI=1S/C21H22BrNO4/c1-15(11-20(24)27-3)21(25)23(13-16-7-5-4-6-8-16)14-17-12-18(26-2)9-10-19(17)22/h4-10,12H,1,11,13-14H2,2-3H3. The molecule has 0 saturated heterocycles. The van der Waals surface area contributed by atoms with Crippen LogP contribution >= 0.6 is 15.9 Å². The Morgan fingerprint density at radius 3 is 2.41 bits per heavy atom. The van der Waals surface area contributed by atoms with Crippen LogP contribution in [0.2, 0.25) is 0 Å². The van der Waals surface area contributed by atoms with E-state index in [1.54, 1.807) is 12.0 Å². The Kier molecular flexibility index (Phi) is 7.61. The number of halogens is 1. The SMILES string of the molecule is C=C(CC(=O)OC)C(=O)N(Cc1ccccc1)Cc1cc(OC)ccc1Br. The van der Waals surface area contributed by atoms with Crippen molar-refractivity contribution in [2.24, 2.45) is 0 Å². The van der Waals surface area contributed by atoms with Crippen molar-refractivity contribution in [1.82, 2.24) is 4.90 Å². The summed E-state index contributed by atoms with van der Waals surface area (Å²) in [7, 11) is 2.88. The van der Waals surface area contributed by atoms with E-state index < -0.39 is 5.97 Å². The highest BCUT2D eigenvalue weighted by atomic mass is 79.9. The summed E-state index contributed by atoms with van der Waals surface area (Å²) in [6.45, 7) is 4.51. The zero-order chi connectivity index (χ0) is 19.8. The summed E-state index contributed by atoms with van der Waals surface area (Å²) in [6.07, 6.45) is -0.139. The van der Waals surface area contributed by atoms with Crippen LogP contribution < -0.4 is 4.74 Å². The van der Waals surface area contributed by atoms with Crippen molar-refractivity contribution in [1.29, 1.82) is 0 Å². The molecule has 0 aliphatic carbocycles. The van der Waals surface area contributed by atoms with Gasteiger partial charge in [0.05, 0.1) is 20.6 Å². The minimum atomic E-state index is -0.490. The number of ether oxygens (including phenoxy) is 2. The number of carbonyl (C=O) groups excluding carboxylic acids is 2. The summed E-state index contributed by atoms with van der Waals surface area (Å²) < 4.78 is 10.8. The van der Waals surface area contributed by atoms with E-state index in [9.17, 15) is 9.59 Å². The van der Waals surface area contributed by atoms with Crippen LogP contribution in [0.25, 0.3) is 0 Å². The van der Waals surface area contributed by atoms with Gasteiger partial charge in [-0.3, -0.25) is 9.59 Å². The molecule has 0 radical (unpaired) electrons. The van der Waals surface area contributed by atoms with Gasteiger partial charge in [0.15, 0.2) is 0 Å². The van der Waals surface area contributed by atoms with Crippen molar-refractivity contribution in [2.75, 3.05) is 14.2 Å². The third kappa shape index (κ3) is 5.96. The van der Waals surface area contributed by atoms with Gasteiger partial charge in [0.2, 0.25) is 5.91 Å². The molecule has 0 N–H and O–H groups in total. The number of amides is 1. The van der Waals surface area contributed by atoms with Crippen LogP contribution in [-0.2, 0) is 27.4 Å². The lowest BCUT2D eigenvalue weighted by Crippen LogP contribution is -2.32. The monoisotopic (exact) mass is 431 g/mol. The van der Waals surface area contributed by atoms with Crippen LogP contribution in [0.1, 0.15) is 17.5 Å². The number of carbonyl (C=O) groups is 2. The number of hydrogen-bond donors (Lipinski definition) is 0. The maximum absolute atomic E-state index is 12.9. The van der Waals surface area contributed by atoms with Gasteiger partial charge in [0, 0.05) is 23.1 Å². The molecule has 2 rings (SSSR count). The topological polar surface area (TPSA) is 55.8 Å². The second-order valence-electron chi connectivity index (χ2n) is 5.96. The van der Waals surface area contributed by atoms with E-state index in [0.717, 1.165) is 15.6 Å². The molecule has 0 spiro atoms. The van der Waals surface area contributed by atoms with Crippen molar-refractivity contribution < 1.29 is 19.1 Å². The predicted molar refractivity (Wildman–Crippen MR) is 107 cm³/mol. The Hall–Kier alpha value is -2.60. The minimum Gasteiger partial charge on any atom is -0.497 e. The van der Waals surface area contributed by atoms with Crippen LogP contribution in [-0.4, -0.2) is 31.0 Å². The van der Waals surface area contributed by atoms with E-state index in [1.165, 1.54) is 7.11 Å². The molecule has 0 aliphatic heterocycles. The second kappa shape index (κ2) is 9.92. The molecular weight excluding hydrogens is 410 g/mol. The fourth-order valence-electron chi connectivity index (χ4n) is 2.55. The lowest BCUT2D eigenvalue weighted by Gasteiger charge is -2.24. The molecule has 2 aromatic rings. The molecule has 0 saturated carbocycles. The second-order valence-corrected chi connectivity index (χ2v) is 6.81. The largest absolute Gasteiger partial charge is 0.497 e. The average molecular weight is 432 g/mol. The molecule has 142 valence electrons. The number of methoxy groups -OCH3 is 2. The average Bonchev–Trinajstić information content (AvgIpc) is 2.69. The highest BCUT2D eigenvalue weighted by molar-refractivity contribution is 9.10. The Morgan fingerprint density at radius 2 is 1.78 bits per heavy atom. The van der Waals surface area contributed by atoms with Crippen LogP contribution in [0.5, 0.6) is 5.75 Å². The van der Waals surface area contributed by atoms with E-state index in [2.05, 4.69) is 27.2 Å². The molecule has 0 bridgehead atoms. The molecule has 1 amide bonds. The van der Waals surface area contributed by atoms with Crippen molar-refractivity contribution in [3.05, 3.63) is 76.3 Å². The highest BCUT2D eigenvalue weighted by Crippen LogP contribution is 2.25. The third-order valence-corrected chi connectivity index (χ3v) is 4.78. The molecule has 0 fully saturated rings. The van der Waals surface area contributed by atoms with Gasteiger partial charge < -0.3 is 14.4 Å². The summed E-state index contributed by atoms with van der Waals surface area (Å²) in [6, 6.07) is 15.2. The number of nitrogens with zero attached hydrogens (tertiary/aromatic N) is 1. The number of esters is 1. The zero-order valence-corrected chi connectivity index (χ0v) is 17.0. The first kappa shape index (κ1) is 20.7. The smallest absolute Gasteiger partial charge is 0.310 e. The molecule has 27 heavy (non-hydrogen) atoms. The van der Waals surface area contributed by atoms with Crippen molar-refractivity contribution >= 4 is 27.8 Å². The quantitative estimate of drug-likeness (QED) is 0.466. The number of rotatable bonds is 8. The Morgan fingerprint density at radius 1 is 1.07 bits per heavy atom. The van der Waals surface area contributed by atoms with Crippen LogP contribution in [0.3, 0.4) is 0 Å². The summed E-state index contributed by atoms with van der Waals surface area (Å²) in [4.78, 5) is 26.1. The fourth-order valence-corrected chi connectivity index (χ4v) is 2.93. The van der Waals surface area contributed by atoms with Gasteiger partial charge in [-0.1, -0.05) is 52.8 Å². The maximum atomic E-state index is 12.9. The first-order chi connectivity index (χ1) is 12.9. The summed E-state index contributed by atoms with van der Waals surface area (Å²) in [5.41, 5.74) is 2.07. The summed E-state index contributed by atoms with van der Waals surface area (Å²) >= 11 is 3.52. The molecule has 2 aromatic carbocycles.